The molecular weight excluding hydrogens is 342 g/mol. The van der Waals surface area contributed by atoms with Crippen molar-refractivity contribution in [3.63, 3.8) is 0 Å². The SMILES string of the molecule is CC(F)(F)Cc1nc(C(=O)O)c(NC(=O)OCc2ccccc2)s1. The number of benzene rings is 1. The van der Waals surface area contributed by atoms with Gasteiger partial charge in [-0.25, -0.2) is 23.4 Å². The van der Waals surface area contributed by atoms with E-state index >= 15 is 0 Å². The highest BCUT2D eigenvalue weighted by Gasteiger charge is 2.27. The summed E-state index contributed by atoms with van der Waals surface area (Å²) in [5.74, 6) is -4.45. The Kier molecular flexibility index (Phi) is 5.45. The molecule has 6 nitrogen and oxygen atoms in total. The van der Waals surface area contributed by atoms with Crippen molar-refractivity contribution in [2.24, 2.45) is 0 Å². The Morgan fingerprint density at radius 1 is 1.33 bits per heavy atom. The summed E-state index contributed by atoms with van der Waals surface area (Å²) in [6.45, 7) is 0.698. The van der Waals surface area contributed by atoms with Crippen molar-refractivity contribution in [3.8, 4) is 0 Å². The van der Waals surface area contributed by atoms with Crippen LogP contribution in [-0.2, 0) is 17.8 Å². The normalized spacial score (nSPS) is 11.1. The monoisotopic (exact) mass is 356 g/mol. The van der Waals surface area contributed by atoms with Gasteiger partial charge in [0.1, 0.15) is 16.6 Å². The van der Waals surface area contributed by atoms with Crippen LogP contribution in [0.2, 0.25) is 0 Å². The lowest BCUT2D eigenvalue weighted by Crippen LogP contribution is -2.15. The zero-order valence-electron chi connectivity index (χ0n) is 12.6. The number of hydrogen-bond acceptors (Lipinski definition) is 5. The molecule has 1 amide bonds. The highest BCUT2D eigenvalue weighted by Crippen LogP contribution is 2.29. The summed E-state index contributed by atoms with van der Waals surface area (Å²) in [5.41, 5.74) is 0.262. The maximum atomic E-state index is 13.0. The quantitative estimate of drug-likeness (QED) is 0.822. The third kappa shape index (κ3) is 5.27. The number of carbonyl (C=O) groups excluding carboxylic acids is 1. The van der Waals surface area contributed by atoms with Gasteiger partial charge in [-0.15, -0.1) is 11.3 Å². The van der Waals surface area contributed by atoms with Crippen molar-refractivity contribution in [1.29, 1.82) is 0 Å². The molecule has 0 aliphatic rings. The molecule has 0 aliphatic carbocycles. The molecule has 1 aromatic carbocycles. The van der Waals surface area contributed by atoms with Crippen molar-refractivity contribution in [1.82, 2.24) is 4.98 Å². The molecule has 2 N–H and O–H groups in total. The van der Waals surface area contributed by atoms with Crippen LogP contribution in [0.1, 0.15) is 28.0 Å². The Morgan fingerprint density at radius 3 is 2.58 bits per heavy atom. The van der Waals surface area contributed by atoms with Crippen molar-refractivity contribution < 1.29 is 28.2 Å². The van der Waals surface area contributed by atoms with Gasteiger partial charge < -0.3 is 9.84 Å². The number of ether oxygens (including phenoxy) is 1. The van der Waals surface area contributed by atoms with E-state index in [4.69, 9.17) is 9.84 Å². The Morgan fingerprint density at radius 2 is 2.00 bits per heavy atom. The maximum Gasteiger partial charge on any atom is 0.412 e. The fourth-order valence-electron chi connectivity index (χ4n) is 1.79. The largest absolute Gasteiger partial charge is 0.476 e. The summed E-state index contributed by atoms with van der Waals surface area (Å²) < 4.78 is 31.0. The number of nitrogens with zero attached hydrogens (tertiary/aromatic N) is 1. The van der Waals surface area contributed by atoms with Gasteiger partial charge in [0.15, 0.2) is 5.69 Å². The van der Waals surface area contributed by atoms with Gasteiger partial charge in [0.2, 0.25) is 0 Å². The first-order valence-electron chi connectivity index (χ1n) is 6.83. The predicted molar refractivity (Wildman–Crippen MR) is 83.6 cm³/mol. The van der Waals surface area contributed by atoms with Crippen molar-refractivity contribution in [3.05, 3.63) is 46.6 Å². The third-order valence-electron chi connectivity index (χ3n) is 2.76. The number of carboxylic acids is 1. The summed E-state index contributed by atoms with van der Waals surface area (Å²) in [5, 5.41) is 11.1. The van der Waals surface area contributed by atoms with E-state index < -0.39 is 30.1 Å². The van der Waals surface area contributed by atoms with Crippen LogP contribution < -0.4 is 5.32 Å². The van der Waals surface area contributed by atoms with E-state index in [1.54, 1.807) is 24.3 Å². The number of aromatic nitrogens is 1. The Balaban J connectivity index is 2.04. The topological polar surface area (TPSA) is 88.5 Å². The molecule has 9 heteroatoms. The molecule has 2 aromatic rings. The van der Waals surface area contributed by atoms with Crippen LogP contribution in [0.4, 0.5) is 18.6 Å². The molecule has 0 bridgehead atoms. The van der Waals surface area contributed by atoms with E-state index in [0.717, 1.165) is 5.56 Å². The van der Waals surface area contributed by atoms with E-state index in [2.05, 4.69) is 10.3 Å². The molecular formula is C15H14F2N2O4S. The molecule has 0 saturated heterocycles. The van der Waals surface area contributed by atoms with Crippen molar-refractivity contribution >= 4 is 28.4 Å². The molecule has 0 aliphatic heterocycles. The number of aromatic carboxylic acids is 1. The van der Waals surface area contributed by atoms with E-state index in [9.17, 15) is 18.4 Å². The molecule has 0 atom stereocenters. The number of carbonyl (C=O) groups is 2. The van der Waals surface area contributed by atoms with Gasteiger partial charge in [-0.2, -0.15) is 0 Å². The van der Waals surface area contributed by atoms with Crippen LogP contribution in [-0.4, -0.2) is 28.1 Å². The standard InChI is InChI=1S/C15H14F2N2O4S/c1-15(16,17)7-10-18-11(13(20)21)12(24-10)19-14(22)23-8-9-5-3-2-4-6-9/h2-6H,7-8H2,1H3,(H,19,22)(H,20,21). The van der Waals surface area contributed by atoms with E-state index in [1.165, 1.54) is 0 Å². The van der Waals surface area contributed by atoms with E-state index in [1.807, 2.05) is 6.07 Å². The van der Waals surface area contributed by atoms with Gasteiger partial charge in [-0.3, -0.25) is 5.32 Å². The van der Waals surface area contributed by atoms with Crippen LogP contribution in [0.3, 0.4) is 0 Å². The van der Waals surface area contributed by atoms with Crippen LogP contribution in [0.15, 0.2) is 30.3 Å². The summed E-state index contributed by atoms with van der Waals surface area (Å²) in [4.78, 5) is 26.5. The zero-order valence-corrected chi connectivity index (χ0v) is 13.4. The fraction of sp³-hybridized carbons (Fsp3) is 0.267. The second kappa shape index (κ2) is 7.35. The Bertz CT molecular complexity index is 729. The van der Waals surface area contributed by atoms with Gasteiger partial charge in [0.25, 0.3) is 5.92 Å². The van der Waals surface area contributed by atoms with Crippen LogP contribution in [0.5, 0.6) is 0 Å². The lowest BCUT2D eigenvalue weighted by atomic mass is 10.2. The molecule has 0 radical (unpaired) electrons. The number of carboxylic acid groups (broad SMARTS) is 1. The molecule has 0 unspecified atom stereocenters. The average molecular weight is 356 g/mol. The Hall–Kier alpha value is -2.55. The smallest absolute Gasteiger partial charge is 0.412 e. The van der Waals surface area contributed by atoms with Crippen molar-refractivity contribution in [2.45, 2.75) is 25.9 Å². The first-order valence-corrected chi connectivity index (χ1v) is 7.65. The number of nitrogens with one attached hydrogen (secondary N) is 1. The molecule has 24 heavy (non-hydrogen) atoms. The molecule has 1 aromatic heterocycles. The molecule has 0 fully saturated rings. The Labute approximate surface area is 140 Å². The number of hydrogen-bond donors (Lipinski definition) is 2. The molecule has 0 spiro atoms. The van der Waals surface area contributed by atoms with Gasteiger partial charge in [0.05, 0.1) is 6.42 Å². The second-order valence-electron chi connectivity index (χ2n) is 5.02. The summed E-state index contributed by atoms with van der Waals surface area (Å²) in [7, 11) is 0. The molecule has 128 valence electrons. The fourth-order valence-corrected chi connectivity index (χ4v) is 2.85. The van der Waals surface area contributed by atoms with Gasteiger partial charge in [-0.1, -0.05) is 30.3 Å². The minimum Gasteiger partial charge on any atom is -0.476 e. The second-order valence-corrected chi connectivity index (χ2v) is 6.11. The number of rotatable bonds is 6. The minimum atomic E-state index is -3.03. The third-order valence-corrected chi connectivity index (χ3v) is 3.73. The lowest BCUT2D eigenvalue weighted by molar-refractivity contribution is 0.0224. The van der Waals surface area contributed by atoms with Crippen LogP contribution in [0.25, 0.3) is 0 Å². The van der Waals surface area contributed by atoms with Gasteiger partial charge >= 0.3 is 12.1 Å². The highest BCUT2D eigenvalue weighted by molar-refractivity contribution is 7.16. The van der Waals surface area contributed by atoms with Crippen LogP contribution in [0, 0.1) is 0 Å². The number of alkyl halides is 2. The highest BCUT2D eigenvalue weighted by atomic mass is 32.1. The number of amides is 1. The maximum absolute atomic E-state index is 13.0. The lowest BCUT2D eigenvalue weighted by Gasteiger charge is -2.06. The number of halogens is 2. The van der Waals surface area contributed by atoms with Gasteiger partial charge in [0, 0.05) is 0 Å². The summed E-state index contributed by atoms with van der Waals surface area (Å²) in [6, 6.07) is 8.87. The predicted octanol–water partition coefficient (Wildman–Crippen LogP) is 3.79. The molecule has 0 saturated carbocycles. The zero-order chi connectivity index (χ0) is 17.7. The summed E-state index contributed by atoms with van der Waals surface area (Å²) in [6.07, 6.45) is -1.60. The average Bonchev–Trinajstić information content (AvgIpc) is 2.86. The molecule has 1 heterocycles. The summed E-state index contributed by atoms with van der Waals surface area (Å²) >= 11 is 0.681. The van der Waals surface area contributed by atoms with E-state index in [-0.39, 0.29) is 16.6 Å². The number of thiazole rings is 1. The number of anilines is 1. The first-order chi connectivity index (χ1) is 11.2. The minimum absolute atomic E-state index is 0.00618. The van der Waals surface area contributed by atoms with E-state index in [0.29, 0.717) is 18.3 Å². The van der Waals surface area contributed by atoms with Crippen LogP contribution >= 0.6 is 11.3 Å². The molecule has 2 rings (SSSR count). The van der Waals surface area contributed by atoms with Crippen molar-refractivity contribution in [2.75, 3.05) is 5.32 Å². The first kappa shape index (κ1) is 17.8. The van der Waals surface area contributed by atoms with Gasteiger partial charge in [-0.05, 0) is 12.5 Å².